The Morgan fingerprint density at radius 2 is 1.81 bits per heavy atom. The molecule has 0 amide bonds. The lowest BCUT2D eigenvalue weighted by Gasteiger charge is -2.35. The van der Waals surface area contributed by atoms with Crippen LogP contribution in [0.25, 0.3) is 0 Å². The van der Waals surface area contributed by atoms with E-state index in [0.29, 0.717) is 19.4 Å². The van der Waals surface area contributed by atoms with Crippen LogP contribution in [0.3, 0.4) is 0 Å². The zero-order chi connectivity index (χ0) is 15.3. The van der Waals surface area contributed by atoms with Crippen molar-refractivity contribution in [3.05, 3.63) is 0 Å². The average molecular weight is 335 g/mol. The molecule has 1 aliphatic carbocycles. The summed E-state index contributed by atoms with van der Waals surface area (Å²) in [6, 6.07) is 0. The molecule has 3 N–H and O–H groups in total. The van der Waals surface area contributed by atoms with Gasteiger partial charge in [0.1, 0.15) is 0 Å². The van der Waals surface area contributed by atoms with E-state index in [9.17, 15) is 8.42 Å². The summed E-state index contributed by atoms with van der Waals surface area (Å²) in [7, 11) is -3.44. The molecule has 0 bridgehead atoms. The molecule has 1 aliphatic heterocycles. The molecule has 1 unspecified atom stereocenters. The number of ether oxygens (including phenoxy) is 1. The van der Waals surface area contributed by atoms with E-state index < -0.39 is 15.6 Å². The van der Waals surface area contributed by atoms with Gasteiger partial charge in [0.05, 0.1) is 22.4 Å². The average Bonchev–Trinajstić information content (AvgIpc) is 2.84. The van der Waals surface area contributed by atoms with Gasteiger partial charge in [0, 0.05) is 6.61 Å². The number of nitrogens with two attached hydrogens (primary N) is 1. The van der Waals surface area contributed by atoms with E-state index in [1.165, 1.54) is 6.42 Å². The van der Waals surface area contributed by atoms with Gasteiger partial charge in [0.25, 0.3) is 0 Å². The van der Waals surface area contributed by atoms with Gasteiger partial charge >= 0.3 is 0 Å². The molecule has 0 spiro atoms. The molecule has 0 aromatic carbocycles. The molecule has 7 heteroatoms. The zero-order valence-corrected chi connectivity index (χ0v) is 14.1. The molecule has 1 saturated heterocycles. The first-order valence-corrected chi connectivity index (χ1v) is 9.93. The molecular formula is C14H26N2O3S2. The molecule has 21 heavy (non-hydrogen) atoms. The normalized spacial score (nSPS) is 27.0. The maximum absolute atomic E-state index is 12.5. The number of rotatable bonds is 5. The minimum atomic E-state index is -3.44. The van der Waals surface area contributed by atoms with Crippen LogP contribution in [0.15, 0.2) is 0 Å². The molecule has 2 aliphatic rings. The fraction of sp³-hybridized carbons (Fsp3) is 0.929. The van der Waals surface area contributed by atoms with Crippen molar-refractivity contribution >= 4 is 27.2 Å². The quantitative estimate of drug-likeness (QED) is 0.750. The SMILES string of the molecule is NC(=S)C1(NS(=O)(=O)CC2CCCO2)CCCCCCC1. The molecule has 0 radical (unpaired) electrons. The highest BCUT2D eigenvalue weighted by atomic mass is 32.2. The van der Waals surface area contributed by atoms with E-state index >= 15 is 0 Å². The molecule has 122 valence electrons. The summed E-state index contributed by atoms with van der Waals surface area (Å²) in [5.74, 6) is 0.0113. The third kappa shape index (κ3) is 4.87. The molecule has 1 heterocycles. The molecule has 2 rings (SSSR count). The highest BCUT2D eigenvalue weighted by Crippen LogP contribution is 2.28. The van der Waals surface area contributed by atoms with Gasteiger partial charge in [0.15, 0.2) is 0 Å². The molecular weight excluding hydrogens is 308 g/mol. The second-order valence-electron chi connectivity index (χ2n) is 6.23. The predicted octanol–water partition coefficient (Wildman–Crippen LogP) is 1.85. The summed E-state index contributed by atoms with van der Waals surface area (Å²) in [6.07, 6.45) is 8.28. The van der Waals surface area contributed by atoms with E-state index in [1.54, 1.807) is 0 Å². The molecule has 0 aromatic heterocycles. The predicted molar refractivity (Wildman–Crippen MR) is 87.7 cm³/mol. The number of sulfonamides is 1. The fourth-order valence-electron chi connectivity index (χ4n) is 3.27. The summed E-state index contributed by atoms with van der Waals surface area (Å²) >= 11 is 5.20. The van der Waals surface area contributed by atoms with E-state index in [-0.39, 0.29) is 16.8 Å². The van der Waals surface area contributed by atoms with Crippen molar-refractivity contribution in [3.63, 3.8) is 0 Å². The minimum absolute atomic E-state index is 0.0113. The number of nitrogens with one attached hydrogen (secondary N) is 1. The topological polar surface area (TPSA) is 81.4 Å². The number of hydrogen-bond acceptors (Lipinski definition) is 4. The highest BCUT2D eigenvalue weighted by molar-refractivity contribution is 7.89. The summed E-state index contributed by atoms with van der Waals surface area (Å²) in [6.45, 7) is 0.653. The zero-order valence-electron chi connectivity index (χ0n) is 12.5. The van der Waals surface area contributed by atoms with Crippen LogP contribution in [-0.2, 0) is 14.8 Å². The maximum atomic E-state index is 12.5. The van der Waals surface area contributed by atoms with Gasteiger partial charge in [-0.2, -0.15) is 0 Å². The Morgan fingerprint density at radius 3 is 2.33 bits per heavy atom. The van der Waals surface area contributed by atoms with Crippen molar-refractivity contribution in [1.29, 1.82) is 0 Å². The first-order valence-electron chi connectivity index (χ1n) is 7.87. The van der Waals surface area contributed by atoms with Gasteiger partial charge in [0.2, 0.25) is 10.0 Å². The lowest BCUT2D eigenvalue weighted by Crippen LogP contribution is -2.57. The van der Waals surface area contributed by atoms with E-state index in [4.69, 9.17) is 22.7 Å². The summed E-state index contributed by atoms with van der Waals surface area (Å²) in [5, 5.41) is 0. The molecule has 2 fully saturated rings. The van der Waals surface area contributed by atoms with Crippen LogP contribution in [0.5, 0.6) is 0 Å². The van der Waals surface area contributed by atoms with Gasteiger partial charge in [-0.25, -0.2) is 13.1 Å². The number of thiocarbonyl (C=S) groups is 1. The van der Waals surface area contributed by atoms with Crippen molar-refractivity contribution in [2.24, 2.45) is 5.73 Å². The smallest absolute Gasteiger partial charge is 0.215 e. The monoisotopic (exact) mass is 334 g/mol. The van der Waals surface area contributed by atoms with Crippen LogP contribution in [0.4, 0.5) is 0 Å². The Balaban J connectivity index is 2.07. The standard InChI is InChI=1S/C14H26N2O3S2/c15-13(20)14(8-4-2-1-3-5-9-14)16-21(17,18)11-12-7-6-10-19-12/h12,16H,1-11H2,(H2,15,20). The molecule has 5 nitrogen and oxygen atoms in total. The molecule has 1 saturated carbocycles. The summed E-state index contributed by atoms with van der Waals surface area (Å²) < 4.78 is 33.2. The van der Waals surface area contributed by atoms with E-state index in [0.717, 1.165) is 38.5 Å². The van der Waals surface area contributed by atoms with Crippen LogP contribution >= 0.6 is 12.2 Å². The second kappa shape index (κ2) is 7.35. The largest absolute Gasteiger partial charge is 0.392 e. The van der Waals surface area contributed by atoms with E-state index in [2.05, 4.69) is 4.72 Å². The van der Waals surface area contributed by atoms with Gasteiger partial charge in [-0.05, 0) is 25.7 Å². The molecule has 0 aromatic rings. The second-order valence-corrected chi connectivity index (χ2v) is 8.44. The highest BCUT2D eigenvalue weighted by Gasteiger charge is 2.38. The Kier molecular flexibility index (Phi) is 5.99. The van der Waals surface area contributed by atoms with Crippen LogP contribution in [0, 0.1) is 0 Å². The van der Waals surface area contributed by atoms with Crippen LogP contribution in [0.2, 0.25) is 0 Å². The van der Waals surface area contributed by atoms with E-state index in [1.807, 2.05) is 0 Å². The maximum Gasteiger partial charge on any atom is 0.215 e. The fourth-order valence-corrected chi connectivity index (χ4v) is 5.33. The van der Waals surface area contributed by atoms with Crippen molar-refractivity contribution in [1.82, 2.24) is 4.72 Å². The molecule has 1 atom stereocenters. The lowest BCUT2D eigenvalue weighted by molar-refractivity contribution is 0.127. The third-order valence-corrected chi connectivity index (χ3v) is 6.36. The first-order chi connectivity index (χ1) is 9.94. The van der Waals surface area contributed by atoms with Crippen LogP contribution < -0.4 is 10.5 Å². The Labute approximate surface area is 133 Å². The van der Waals surface area contributed by atoms with Gasteiger partial charge < -0.3 is 10.5 Å². The Bertz CT molecular complexity index is 451. The number of hydrogen-bond donors (Lipinski definition) is 2. The van der Waals surface area contributed by atoms with Crippen molar-refractivity contribution in [3.8, 4) is 0 Å². The minimum Gasteiger partial charge on any atom is -0.392 e. The van der Waals surface area contributed by atoms with Crippen molar-refractivity contribution < 1.29 is 13.2 Å². The van der Waals surface area contributed by atoms with Crippen molar-refractivity contribution in [2.75, 3.05) is 12.4 Å². The van der Waals surface area contributed by atoms with Crippen LogP contribution in [-0.4, -0.2) is 37.4 Å². The summed E-state index contributed by atoms with van der Waals surface area (Å²) in [4.78, 5) is 0.278. The lowest BCUT2D eigenvalue weighted by atomic mass is 9.85. The third-order valence-electron chi connectivity index (χ3n) is 4.46. The first kappa shape index (κ1) is 17.1. The van der Waals surface area contributed by atoms with Gasteiger partial charge in [-0.15, -0.1) is 0 Å². The van der Waals surface area contributed by atoms with Crippen LogP contribution in [0.1, 0.15) is 57.8 Å². The van der Waals surface area contributed by atoms with Gasteiger partial charge in [-0.1, -0.05) is 44.3 Å². The van der Waals surface area contributed by atoms with Gasteiger partial charge in [-0.3, -0.25) is 0 Å². The van der Waals surface area contributed by atoms with Crippen molar-refractivity contribution in [2.45, 2.75) is 69.4 Å². The Morgan fingerprint density at radius 1 is 1.19 bits per heavy atom. The summed E-state index contributed by atoms with van der Waals surface area (Å²) in [5.41, 5.74) is 5.17. The Hall–Kier alpha value is -0.240.